The van der Waals surface area contributed by atoms with Crippen molar-refractivity contribution in [3.8, 4) is 0 Å². The van der Waals surface area contributed by atoms with E-state index in [0.29, 0.717) is 0 Å². The molecule has 0 unspecified atom stereocenters. The van der Waals surface area contributed by atoms with Gasteiger partial charge in [-0.1, -0.05) is 0 Å². The highest BCUT2D eigenvalue weighted by Crippen LogP contribution is 2.40. The SMILES string of the molecule is CN=C(N=C(N)N)NC(F)(F)C(F)(F)CC(F)(F)F. The lowest BCUT2D eigenvalue weighted by atomic mass is 10.2. The Bertz CT molecular complexity index is 369. The highest BCUT2D eigenvalue weighted by Gasteiger charge is 2.61. The average molecular weight is 297 g/mol. The van der Waals surface area contributed by atoms with Gasteiger partial charge in [0, 0.05) is 7.05 Å². The second-order valence-corrected chi connectivity index (χ2v) is 3.28. The van der Waals surface area contributed by atoms with Crippen LogP contribution in [-0.4, -0.2) is 37.1 Å². The minimum Gasteiger partial charge on any atom is -0.370 e. The fourth-order valence-corrected chi connectivity index (χ4v) is 0.851. The monoisotopic (exact) mass is 297 g/mol. The zero-order chi connectivity index (χ0) is 15.5. The van der Waals surface area contributed by atoms with Gasteiger partial charge < -0.3 is 11.5 Å². The van der Waals surface area contributed by atoms with Crippen LogP contribution in [0.5, 0.6) is 0 Å². The quantitative estimate of drug-likeness (QED) is 0.314. The number of aliphatic imine (C=N–C) groups is 2. The second kappa shape index (κ2) is 5.48. The first-order valence-corrected chi connectivity index (χ1v) is 4.48. The molecular weight excluding hydrogens is 287 g/mol. The number of nitrogens with two attached hydrogens (primary N) is 2. The summed E-state index contributed by atoms with van der Waals surface area (Å²) < 4.78 is 87.0. The Labute approximate surface area is 102 Å². The fourth-order valence-electron chi connectivity index (χ4n) is 0.851. The minimum absolute atomic E-state index is 0.756. The van der Waals surface area contributed by atoms with Gasteiger partial charge in [-0.15, -0.1) is 0 Å². The Morgan fingerprint density at radius 2 is 1.53 bits per heavy atom. The standard InChI is InChI=1S/C7H10F7N5/c1-17-4(18-3(15)16)19-7(13,14)5(8,9)2-6(10,11)12/h2H2,1H3,(H5,15,16,17,18,19). The molecule has 0 atom stereocenters. The maximum atomic E-state index is 13.0. The molecule has 0 aromatic carbocycles. The number of rotatable bonds is 3. The van der Waals surface area contributed by atoms with E-state index in [1.807, 2.05) is 0 Å². The van der Waals surface area contributed by atoms with E-state index < -0.39 is 36.5 Å². The Balaban J connectivity index is 5.11. The molecule has 0 radical (unpaired) electrons. The summed E-state index contributed by atoms with van der Waals surface area (Å²) in [5.41, 5.74) is 9.59. The molecule has 0 spiro atoms. The summed E-state index contributed by atoms with van der Waals surface area (Å²) >= 11 is 0. The van der Waals surface area contributed by atoms with Gasteiger partial charge in [0.05, 0.1) is 0 Å². The number of halogens is 7. The molecular formula is C7H10F7N5. The van der Waals surface area contributed by atoms with Crippen molar-refractivity contribution < 1.29 is 30.7 Å². The first kappa shape index (κ1) is 17.2. The van der Waals surface area contributed by atoms with E-state index in [9.17, 15) is 30.7 Å². The van der Waals surface area contributed by atoms with Gasteiger partial charge in [0.15, 0.2) is 5.96 Å². The average Bonchev–Trinajstić information content (AvgIpc) is 2.11. The summed E-state index contributed by atoms with van der Waals surface area (Å²) in [5.74, 6) is -7.32. The molecule has 112 valence electrons. The lowest BCUT2D eigenvalue weighted by Crippen LogP contribution is -2.55. The summed E-state index contributed by atoms with van der Waals surface area (Å²) in [7, 11) is 0.868. The Morgan fingerprint density at radius 3 is 1.84 bits per heavy atom. The molecule has 12 heteroatoms. The lowest BCUT2D eigenvalue weighted by Gasteiger charge is -2.27. The second-order valence-electron chi connectivity index (χ2n) is 3.28. The smallest absolute Gasteiger partial charge is 0.370 e. The summed E-state index contributed by atoms with van der Waals surface area (Å²) in [4.78, 5) is 5.89. The summed E-state index contributed by atoms with van der Waals surface area (Å²) in [5, 5.41) is 0.756. The lowest BCUT2D eigenvalue weighted by molar-refractivity contribution is -0.269. The molecule has 0 fully saturated rings. The molecule has 0 aromatic heterocycles. The van der Waals surface area contributed by atoms with Gasteiger partial charge in [-0.3, -0.25) is 10.3 Å². The molecule has 0 saturated heterocycles. The molecule has 0 rings (SSSR count). The molecule has 0 aliphatic heterocycles. The normalized spacial score (nSPS) is 14.2. The van der Waals surface area contributed by atoms with Crippen LogP contribution in [-0.2, 0) is 0 Å². The summed E-state index contributed by atoms with van der Waals surface area (Å²) in [6, 6.07) is -5.24. The fraction of sp³-hybridized carbons (Fsp3) is 0.714. The van der Waals surface area contributed by atoms with Gasteiger partial charge in [0.1, 0.15) is 6.42 Å². The minimum atomic E-state index is -5.48. The van der Waals surface area contributed by atoms with Gasteiger partial charge in [-0.05, 0) is 0 Å². The van der Waals surface area contributed by atoms with Crippen LogP contribution in [0.1, 0.15) is 6.42 Å². The Hall–Kier alpha value is -1.75. The largest absolute Gasteiger partial charge is 0.395 e. The van der Waals surface area contributed by atoms with Crippen molar-refractivity contribution in [3.05, 3.63) is 0 Å². The van der Waals surface area contributed by atoms with E-state index in [1.54, 1.807) is 0 Å². The Kier molecular flexibility index (Phi) is 4.98. The highest BCUT2D eigenvalue weighted by atomic mass is 19.4. The van der Waals surface area contributed by atoms with Crippen molar-refractivity contribution in [2.45, 2.75) is 24.6 Å². The molecule has 5 N–H and O–H groups in total. The molecule has 19 heavy (non-hydrogen) atoms. The number of hydrogen-bond acceptors (Lipinski definition) is 1. The van der Waals surface area contributed by atoms with Crippen LogP contribution in [0.2, 0.25) is 0 Å². The van der Waals surface area contributed by atoms with E-state index in [2.05, 4.69) is 9.98 Å². The van der Waals surface area contributed by atoms with Crippen molar-refractivity contribution in [2.24, 2.45) is 21.5 Å². The number of nitrogens with zero attached hydrogens (tertiary/aromatic N) is 2. The van der Waals surface area contributed by atoms with Crippen molar-refractivity contribution in [1.29, 1.82) is 0 Å². The van der Waals surface area contributed by atoms with Gasteiger partial charge in [0.25, 0.3) is 0 Å². The van der Waals surface area contributed by atoms with Crippen molar-refractivity contribution in [1.82, 2.24) is 5.32 Å². The number of hydrogen-bond donors (Lipinski definition) is 3. The van der Waals surface area contributed by atoms with Crippen LogP contribution in [0.15, 0.2) is 9.98 Å². The molecule has 0 aromatic rings. The van der Waals surface area contributed by atoms with Gasteiger partial charge in [-0.25, -0.2) is 0 Å². The topological polar surface area (TPSA) is 88.8 Å². The number of nitrogens with one attached hydrogen (secondary N) is 1. The Morgan fingerprint density at radius 1 is 1.05 bits per heavy atom. The zero-order valence-electron chi connectivity index (χ0n) is 9.40. The van der Waals surface area contributed by atoms with Crippen molar-refractivity contribution in [2.75, 3.05) is 7.05 Å². The van der Waals surface area contributed by atoms with E-state index in [-0.39, 0.29) is 0 Å². The number of alkyl halides is 7. The number of guanidine groups is 2. The maximum absolute atomic E-state index is 13.0. The molecule has 0 aliphatic rings. The zero-order valence-corrected chi connectivity index (χ0v) is 9.40. The van der Waals surface area contributed by atoms with Crippen LogP contribution >= 0.6 is 0 Å². The van der Waals surface area contributed by atoms with Gasteiger partial charge in [-0.2, -0.15) is 35.7 Å². The third-order valence-corrected chi connectivity index (χ3v) is 1.60. The third-order valence-electron chi connectivity index (χ3n) is 1.60. The molecule has 5 nitrogen and oxygen atoms in total. The van der Waals surface area contributed by atoms with Crippen molar-refractivity contribution >= 4 is 11.9 Å². The molecule has 0 aliphatic carbocycles. The van der Waals surface area contributed by atoms with Crippen molar-refractivity contribution in [3.63, 3.8) is 0 Å². The van der Waals surface area contributed by atoms with E-state index >= 15 is 0 Å². The first-order valence-electron chi connectivity index (χ1n) is 4.48. The third kappa shape index (κ3) is 5.61. The van der Waals surface area contributed by atoms with Crippen LogP contribution in [0.25, 0.3) is 0 Å². The van der Waals surface area contributed by atoms with Crippen LogP contribution in [0, 0.1) is 0 Å². The summed E-state index contributed by atoms with van der Waals surface area (Å²) in [6.45, 7) is 0. The van der Waals surface area contributed by atoms with Crippen LogP contribution < -0.4 is 16.8 Å². The molecule has 0 amide bonds. The van der Waals surface area contributed by atoms with E-state index in [4.69, 9.17) is 11.5 Å². The van der Waals surface area contributed by atoms with Gasteiger partial charge >= 0.3 is 18.1 Å². The molecule has 0 bridgehead atoms. The highest BCUT2D eigenvalue weighted by molar-refractivity contribution is 5.93. The first-order chi connectivity index (χ1) is 8.31. The predicted octanol–water partition coefficient (Wildman–Crippen LogP) is 1.02. The molecule has 0 saturated carbocycles. The van der Waals surface area contributed by atoms with Crippen LogP contribution in [0.3, 0.4) is 0 Å². The van der Waals surface area contributed by atoms with E-state index in [0.717, 1.165) is 12.4 Å². The van der Waals surface area contributed by atoms with Crippen LogP contribution in [0.4, 0.5) is 30.7 Å². The maximum Gasteiger partial charge on any atom is 0.395 e. The van der Waals surface area contributed by atoms with Gasteiger partial charge in [0.2, 0.25) is 5.96 Å². The predicted molar refractivity (Wildman–Crippen MR) is 52.9 cm³/mol. The summed E-state index contributed by atoms with van der Waals surface area (Å²) in [6.07, 6.45) is -8.49. The molecule has 0 heterocycles. The van der Waals surface area contributed by atoms with E-state index in [1.165, 1.54) is 0 Å².